The molecule has 13 rings (SSSR count). The van der Waals surface area contributed by atoms with Gasteiger partial charge < -0.3 is 0 Å². The molecule has 0 unspecified atom stereocenters. The van der Waals surface area contributed by atoms with Crippen molar-refractivity contribution in [3.05, 3.63) is 270 Å². The lowest BCUT2D eigenvalue weighted by molar-refractivity contribution is 0.563. The van der Waals surface area contributed by atoms with Crippen molar-refractivity contribution < 1.29 is 0 Å². The maximum Gasteiger partial charge on any atom is 0.159 e. The molecule has 0 N–H and O–H groups in total. The van der Waals surface area contributed by atoms with Crippen LogP contribution in [0.4, 0.5) is 0 Å². The molecule has 11 aromatic rings. The third kappa shape index (κ3) is 5.95. The highest BCUT2D eigenvalue weighted by atomic mass is 14.9. The van der Waals surface area contributed by atoms with E-state index in [1.54, 1.807) is 0 Å². The van der Waals surface area contributed by atoms with E-state index in [2.05, 4.69) is 225 Å². The van der Waals surface area contributed by atoms with Crippen molar-refractivity contribution >= 4 is 10.8 Å². The molecule has 320 valence electrons. The van der Waals surface area contributed by atoms with E-state index >= 15 is 0 Å². The minimum atomic E-state index is -0.432. The van der Waals surface area contributed by atoms with Gasteiger partial charge in [-0.05, 0) is 101 Å². The lowest BCUT2D eigenvalue weighted by atomic mass is 9.55. The molecular weight excluding hydrogens is 823 g/mol. The van der Waals surface area contributed by atoms with Gasteiger partial charge in [-0.2, -0.15) is 0 Å². The summed E-state index contributed by atoms with van der Waals surface area (Å²) in [6.07, 6.45) is 3.86. The van der Waals surface area contributed by atoms with Crippen molar-refractivity contribution in [1.82, 2.24) is 15.0 Å². The van der Waals surface area contributed by atoms with Crippen LogP contribution in [0.3, 0.4) is 0 Å². The minimum absolute atomic E-state index is 0.256. The zero-order chi connectivity index (χ0) is 45.4. The summed E-state index contributed by atoms with van der Waals surface area (Å²) in [5.41, 5.74) is 21.7. The van der Waals surface area contributed by atoms with Crippen LogP contribution >= 0.6 is 0 Å². The summed E-state index contributed by atoms with van der Waals surface area (Å²) in [6, 6.07) is 81.6. The number of hydrogen-bond donors (Lipinski definition) is 0. The Labute approximate surface area is 397 Å². The van der Waals surface area contributed by atoms with Crippen LogP contribution < -0.4 is 0 Å². The zero-order valence-corrected chi connectivity index (χ0v) is 37.9. The Morgan fingerprint density at radius 3 is 1.57 bits per heavy atom. The lowest BCUT2D eigenvalue weighted by Crippen LogP contribution is -2.40. The van der Waals surface area contributed by atoms with Crippen LogP contribution in [-0.2, 0) is 10.8 Å². The molecule has 2 aliphatic rings. The predicted molar refractivity (Wildman–Crippen MR) is 279 cm³/mol. The molecule has 3 heteroatoms. The highest BCUT2D eigenvalue weighted by molar-refractivity contribution is 6.07. The first-order valence-corrected chi connectivity index (χ1v) is 23.5. The average Bonchev–Trinajstić information content (AvgIpc) is 3.71. The van der Waals surface area contributed by atoms with Crippen LogP contribution in [0, 0.1) is 0 Å². The van der Waals surface area contributed by atoms with Crippen LogP contribution in [-0.4, -0.2) is 15.0 Å². The molecule has 2 aromatic heterocycles. The lowest BCUT2D eigenvalue weighted by Gasteiger charge is -2.46. The number of nitrogens with zero attached hydrogens (tertiary/aromatic N) is 3. The van der Waals surface area contributed by atoms with Gasteiger partial charge >= 0.3 is 0 Å². The van der Waals surface area contributed by atoms with Gasteiger partial charge in [0.2, 0.25) is 0 Å². The highest BCUT2D eigenvalue weighted by Gasteiger charge is 2.53. The Balaban J connectivity index is 0.992. The summed E-state index contributed by atoms with van der Waals surface area (Å²) >= 11 is 0. The van der Waals surface area contributed by atoms with Crippen molar-refractivity contribution in [3.63, 3.8) is 0 Å². The van der Waals surface area contributed by atoms with Crippen molar-refractivity contribution in [2.75, 3.05) is 0 Å². The molecule has 0 aliphatic heterocycles. The van der Waals surface area contributed by atoms with Crippen LogP contribution in [0.1, 0.15) is 47.2 Å². The summed E-state index contributed by atoms with van der Waals surface area (Å²) in [5, 5.41) is 2.33. The Morgan fingerprint density at radius 1 is 0.324 bits per heavy atom. The number of benzene rings is 9. The predicted octanol–water partition coefficient (Wildman–Crippen LogP) is 16.0. The fourth-order valence-electron chi connectivity index (χ4n) is 11.6. The molecule has 0 bridgehead atoms. The van der Waals surface area contributed by atoms with E-state index in [0.29, 0.717) is 5.82 Å². The van der Waals surface area contributed by atoms with E-state index < -0.39 is 5.41 Å². The third-order valence-electron chi connectivity index (χ3n) is 14.7. The number of rotatable bonds is 6. The van der Waals surface area contributed by atoms with Gasteiger partial charge in [-0.3, -0.25) is 4.98 Å². The Kier molecular flexibility index (Phi) is 9.10. The third-order valence-corrected chi connectivity index (χ3v) is 14.7. The number of fused-ring (bicyclic) bond motifs is 10. The molecule has 0 radical (unpaired) electrons. The molecule has 0 atom stereocenters. The maximum absolute atomic E-state index is 5.49. The quantitative estimate of drug-likeness (QED) is 0.167. The second-order valence-corrected chi connectivity index (χ2v) is 18.6. The molecule has 0 amide bonds. The SMILES string of the molecule is CC1(C)c2ccccc2C2(c3ccccc3-c3ccccc32)c2ccc(-c3ccc(-c4cnc(-c5ccc(-c6ccccn6)cc5)nc4-c4ccccc4-c4ccccc4)c4ccccc34)cc21. The summed E-state index contributed by atoms with van der Waals surface area (Å²) in [6.45, 7) is 4.81. The fourth-order valence-corrected chi connectivity index (χ4v) is 11.6. The molecule has 0 saturated heterocycles. The summed E-state index contributed by atoms with van der Waals surface area (Å²) < 4.78 is 0. The van der Waals surface area contributed by atoms with E-state index in [0.717, 1.165) is 55.7 Å². The van der Waals surface area contributed by atoms with Crippen LogP contribution in [0.2, 0.25) is 0 Å². The first-order valence-electron chi connectivity index (χ1n) is 23.5. The van der Waals surface area contributed by atoms with E-state index in [1.807, 2.05) is 30.6 Å². The molecule has 1 spiro atoms. The van der Waals surface area contributed by atoms with Gasteiger partial charge in [-0.15, -0.1) is 0 Å². The van der Waals surface area contributed by atoms with Crippen molar-refractivity contribution in [2.45, 2.75) is 24.7 Å². The van der Waals surface area contributed by atoms with Crippen LogP contribution in [0.25, 0.3) is 89.2 Å². The summed E-state index contributed by atoms with van der Waals surface area (Å²) in [4.78, 5) is 15.2. The number of pyridine rings is 1. The Bertz CT molecular complexity index is 3710. The van der Waals surface area contributed by atoms with Crippen LogP contribution in [0.15, 0.2) is 237 Å². The van der Waals surface area contributed by atoms with Crippen molar-refractivity contribution in [2.24, 2.45) is 0 Å². The molecule has 0 fully saturated rings. The standard InChI is InChI=1S/C65H45N3/c1-64(2)57-28-14-15-29-58(57)65(55-26-12-10-23-51(55)52-24-11-13-27-56(52)65)59-38-35-45(40-60(59)64)47-36-37-50(49-22-8-7-21-48(47)49)54-41-67-63(44-33-31-43(32-34-44)61-30-16-17-39-66-61)68-62(54)53-25-9-6-20-46(53)42-18-4-3-5-19-42/h3-41H,1-2H3. The smallest absolute Gasteiger partial charge is 0.159 e. The van der Waals surface area contributed by atoms with E-state index in [-0.39, 0.29) is 5.41 Å². The monoisotopic (exact) mass is 867 g/mol. The van der Waals surface area contributed by atoms with Crippen molar-refractivity contribution in [1.29, 1.82) is 0 Å². The normalized spacial score (nSPS) is 13.7. The largest absolute Gasteiger partial charge is 0.256 e. The average molecular weight is 868 g/mol. The zero-order valence-electron chi connectivity index (χ0n) is 37.9. The molecule has 2 heterocycles. The maximum atomic E-state index is 5.49. The van der Waals surface area contributed by atoms with Gasteiger partial charge in [0.05, 0.1) is 16.8 Å². The van der Waals surface area contributed by atoms with Gasteiger partial charge in [0.25, 0.3) is 0 Å². The summed E-state index contributed by atoms with van der Waals surface area (Å²) in [7, 11) is 0. The summed E-state index contributed by atoms with van der Waals surface area (Å²) in [5.74, 6) is 0.670. The first-order chi connectivity index (χ1) is 33.5. The van der Waals surface area contributed by atoms with Gasteiger partial charge in [0.15, 0.2) is 5.82 Å². The molecule has 68 heavy (non-hydrogen) atoms. The molecular formula is C65H45N3. The molecule has 2 aliphatic carbocycles. The second-order valence-electron chi connectivity index (χ2n) is 18.6. The topological polar surface area (TPSA) is 38.7 Å². The first kappa shape index (κ1) is 39.8. The number of aromatic nitrogens is 3. The highest BCUT2D eigenvalue weighted by Crippen LogP contribution is 2.62. The molecule has 0 saturated carbocycles. The van der Waals surface area contributed by atoms with E-state index in [4.69, 9.17) is 9.97 Å². The van der Waals surface area contributed by atoms with Gasteiger partial charge in [-0.25, -0.2) is 9.97 Å². The fraction of sp³-hybridized carbons (Fsp3) is 0.0615. The van der Waals surface area contributed by atoms with Gasteiger partial charge in [0.1, 0.15) is 0 Å². The minimum Gasteiger partial charge on any atom is -0.256 e. The van der Waals surface area contributed by atoms with Gasteiger partial charge in [0, 0.05) is 40.1 Å². The van der Waals surface area contributed by atoms with E-state index in [1.165, 1.54) is 61.0 Å². The van der Waals surface area contributed by atoms with Gasteiger partial charge in [-0.1, -0.05) is 220 Å². The van der Waals surface area contributed by atoms with Crippen molar-refractivity contribution in [3.8, 4) is 78.4 Å². The molecule has 3 nitrogen and oxygen atoms in total. The van der Waals surface area contributed by atoms with E-state index in [9.17, 15) is 0 Å². The second kappa shape index (κ2) is 15.5. The Morgan fingerprint density at radius 2 is 0.868 bits per heavy atom. The molecule has 9 aromatic carbocycles. The Hall–Kier alpha value is -8.53. The van der Waals surface area contributed by atoms with Crippen LogP contribution in [0.5, 0.6) is 0 Å². The number of hydrogen-bond acceptors (Lipinski definition) is 3.